The zero-order valence-corrected chi connectivity index (χ0v) is 10.6. The van der Waals surface area contributed by atoms with E-state index < -0.39 is 0 Å². The molecule has 2 saturated heterocycles. The van der Waals surface area contributed by atoms with Gasteiger partial charge in [-0.3, -0.25) is 11.3 Å². The second-order valence-corrected chi connectivity index (χ2v) is 5.99. The van der Waals surface area contributed by atoms with E-state index in [-0.39, 0.29) is 5.60 Å². The van der Waals surface area contributed by atoms with Gasteiger partial charge in [-0.05, 0) is 37.4 Å². The molecule has 3 unspecified atom stereocenters. The van der Waals surface area contributed by atoms with E-state index in [9.17, 15) is 0 Å². The maximum atomic E-state index is 6.01. The Balaban J connectivity index is 1.97. The smallest absolute Gasteiger partial charge is 0.0783 e. The van der Waals surface area contributed by atoms with Crippen LogP contribution in [0.3, 0.4) is 0 Å². The van der Waals surface area contributed by atoms with Gasteiger partial charge in [-0.1, -0.05) is 6.08 Å². The van der Waals surface area contributed by atoms with E-state index in [0.717, 1.165) is 31.6 Å². The summed E-state index contributed by atoms with van der Waals surface area (Å²) in [4.78, 5) is 0. The van der Waals surface area contributed by atoms with Crippen LogP contribution in [0.2, 0.25) is 0 Å². The molecule has 4 heteroatoms. The third kappa shape index (κ3) is 2.62. The molecule has 2 heterocycles. The molecule has 0 aliphatic carbocycles. The molecule has 16 heavy (non-hydrogen) atoms. The first-order valence-corrected chi connectivity index (χ1v) is 7.24. The lowest BCUT2D eigenvalue weighted by atomic mass is 9.80. The fraction of sp³-hybridized carbons (Fsp3) is 0.833. The van der Waals surface area contributed by atoms with Crippen molar-refractivity contribution in [3.63, 3.8) is 0 Å². The minimum Gasteiger partial charge on any atom is -0.374 e. The van der Waals surface area contributed by atoms with Gasteiger partial charge in [0.2, 0.25) is 0 Å². The van der Waals surface area contributed by atoms with Crippen molar-refractivity contribution in [1.82, 2.24) is 5.43 Å². The molecule has 0 aromatic carbocycles. The minimum atomic E-state index is 0.157. The van der Waals surface area contributed by atoms with Gasteiger partial charge in [-0.15, -0.1) is 6.58 Å². The molecule has 0 bridgehead atoms. The second-order valence-electron chi connectivity index (χ2n) is 4.88. The largest absolute Gasteiger partial charge is 0.374 e. The molecule has 92 valence electrons. The molecule has 0 amide bonds. The third-order valence-electron chi connectivity index (χ3n) is 3.80. The lowest BCUT2D eigenvalue weighted by Gasteiger charge is -2.40. The van der Waals surface area contributed by atoms with Gasteiger partial charge in [0, 0.05) is 18.4 Å². The molecule has 3 N–H and O–H groups in total. The molecular formula is C12H22N2OS. The first-order valence-electron chi connectivity index (χ1n) is 6.08. The summed E-state index contributed by atoms with van der Waals surface area (Å²) >= 11 is 2.02. The Bertz CT molecular complexity index is 241. The number of nitrogens with two attached hydrogens (primary N) is 1. The van der Waals surface area contributed by atoms with Crippen molar-refractivity contribution < 1.29 is 4.74 Å². The molecule has 0 radical (unpaired) electrons. The predicted molar refractivity (Wildman–Crippen MR) is 69.3 cm³/mol. The Kier molecular flexibility index (Phi) is 4.30. The highest BCUT2D eigenvalue weighted by atomic mass is 32.2. The Hall–Kier alpha value is -0.0300. The molecule has 2 aliphatic rings. The molecule has 1 spiro atoms. The van der Waals surface area contributed by atoms with Crippen molar-refractivity contribution in [1.29, 1.82) is 0 Å². The van der Waals surface area contributed by atoms with Gasteiger partial charge in [0.1, 0.15) is 0 Å². The second kappa shape index (κ2) is 5.54. The molecule has 3 nitrogen and oxygen atoms in total. The predicted octanol–water partition coefficient (Wildman–Crippen LogP) is 1.70. The van der Waals surface area contributed by atoms with E-state index in [2.05, 4.69) is 12.0 Å². The molecule has 2 rings (SSSR count). The Morgan fingerprint density at radius 1 is 1.69 bits per heavy atom. The van der Waals surface area contributed by atoms with Crippen LogP contribution < -0.4 is 11.3 Å². The first-order chi connectivity index (χ1) is 7.79. The number of thioether (sulfide) groups is 1. The Morgan fingerprint density at radius 2 is 2.56 bits per heavy atom. The molecule has 0 aromatic heterocycles. The summed E-state index contributed by atoms with van der Waals surface area (Å²) in [6.45, 7) is 4.69. The van der Waals surface area contributed by atoms with Gasteiger partial charge in [-0.25, -0.2) is 0 Å². The van der Waals surface area contributed by atoms with Gasteiger partial charge < -0.3 is 4.74 Å². The number of hydrogen-bond acceptors (Lipinski definition) is 4. The highest BCUT2D eigenvalue weighted by Crippen LogP contribution is 2.41. The van der Waals surface area contributed by atoms with Crippen molar-refractivity contribution >= 4 is 11.8 Å². The monoisotopic (exact) mass is 242 g/mol. The number of nitrogens with one attached hydrogen (secondary N) is 1. The van der Waals surface area contributed by atoms with Crippen LogP contribution in [-0.4, -0.2) is 29.8 Å². The van der Waals surface area contributed by atoms with Gasteiger partial charge >= 0.3 is 0 Å². The Labute approximate surface area is 102 Å². The fourth-order valence-electron chi connectivity index (χ4n) is 2.85. The summed E-state index contributed by atoms with van der Waals surface area (Å²) in [5.41, 5.74) is 3.10. The van der Waals surface area contributed by atoms with Gasteiger partial charge in [-0.2, -0.15) is 11.8 Å². The minimum absolute atomic E-state index is 0.157. The van der Waals surface area contributed by atoms with Crippen LogP contribution in [-0.2, 0) is 4.74 Å². The average Bonchev–Trinajstić information content (AvgIpc) is 2.74. The zero-order chi connectivity index (χ0) is 11.4. The summed E-state index contributed by atoms with van der Waals surface area (Å²) in [6, 6.07) is 0.365. The van der Waals surface area contributed by atoms with Crippen molar-refractivity contribution in [2.45, 2.75) is 37.3 Å². The highest BCUT2D eigenvalue weighted by Gasteiger charge is 2.42. The topological polar surface area (TPSA) is 47.3 Å². The molecule has 2 aliphatic heterocycles. The van der Waals surface area contributed by atoms with Crippen LogP contribution in [0, 0.1) is 5.92 Å². The van der Waals surface area contributed by atoms with E-state index in [1.165, 1.54) is 12.2 Å². The standard InChI is InChI=1S/C12H22N2OS/c1-2-3-11(14-13)10-4-6-15-12(8-10)5-7-16-9-12/h2,10-11,14H,1,3-9,13H2. The summed E-state index contributed by atoms with van der Waals surface area (Å²) < 4.78 is 6.01. The fourth-order valence-corrected chi connectivity index (χ4v) is 4.23. The Morgan fingerprint density at radius 3 is 3.19 bits per heavy atom. The lowest BCUT2D eigenvalue weighted by Crippen LogP contribution is -2.48. The van der Waals surface area contributed by atoms with E-state index in [1.54, 1.807) is 0 Å². The van der Waals surface area contributed by atoms with Crippen LogP contribution >= 0.6 is 11.8 Å². The summed E-state index contributed by atoms with van der Waals surface area (Å²) in [5.74, 6) is 8.67. The van der Waals surface area contributed by atoms with E-state index in [0.29, 0.717) is 12.0 Å². The molecule has 2 fully saturated rings. The number of rotatable bonds is 4. The van der Waals surface area contributed by atoms with Crippen LogP contribution in [0.15, 0.2) is 12.7 Å². The van der Waals surface area contributed by atoms with E-state index >= 15 is 0 Å². The number of hydrazine groups is 1. The number of ether oxygens (including phenoxy) is 1. The average molecular weight is 242 g/mol. The summed E-state index contributed by atoms with van der Waals surface area (Å²) in [5, 5.41) is 0. The van der Waals surface area contributed by atoms with Crippen molar-refractivity contribution in [3.05, 3.63) is 12.7 Å². The highest BCUT2D eigenvalue weighted by molar-refractivity contribution is 7.99. The van der Waals surface area contributed by atoms with Crippen molar-refractivity contribution in [2.24, 2.45) is 11.8 Å². The normalized spacial score (nSPS) is 36.4. The summed E-state index contributed by atoms with van der Waals surface area (Å²) in [7, 11) is 0. The van der Waals surface area contributed by atoms with Crippen molar-refractivity contribution in [2.75, 3.05) is 18.1 Å². The quantitative estimate of drug-likeness (QED) is 0.447. The van der Waals surface area contributed by atoms with Gasteiger partial charge in [0.25, 0.3) is 0 Å². The van der Waals surface area contributed by atoms with E-state index in [1.807, 2.05) is 17.8 Å². The molecule has 0 aromatic rings. The van der Waals surface area contributed by atoms with E-state index in [4.69, 9.17) is 10.6 Å². The SMILES string of the molecule is C=CCC(NN)C1CCOC2(CCSC2)C1. The van der Waals surface area contributed by atoms with Crippen LogP contribution in [0.4, 0.5) is 0 Å². The summed E-state index contributed by atoms with van der Waals surface area (Å²) in [6.07, 6.45) is 6.39. The molecular weight excluding hydrogens is 220 g/mol. The van der Waals surface area contributed by atoms with Gasteiger partial charge in [0.15, 0.2) is 0 Å². The molecule has 3 atom stereocenters. The van der Waals surface area contributed by atoms with Crippen LogP contribution in [0.25, 0.3) is 0 Å². The molecule has 0 saturated carbocycles. The van der Waals surface area contributed by atoms with Crippen LogP contribution in [0.5, 0.6) is 0 Å². The van der Waals surface area contributed by atoms with Gasteiger partial charge in [0.05, 0.1) is 5.60 Å². The zero-order valence-electron chi connectivity index (χ0n) is 9.78. The first kappa shape index (κ1) is 12.4. The number of hydrogen-bond donors (Lipinski definition) is 2. The van der Waals surface area contributed by atoms with Crippen molar-refractivity contribution in [3.8, 4) is 0 Å². The lowest BCUT2D eigenvalue weighted by molar-refractivity contribution is -0.0849. The van der Waals surface area contributed by atoms with Crippen LogP contribution in [0.1, 0.15) is 25.7 Å². The maximum absolute atomic E-state index is 6.01. The third-order valence-corrected chi connectivity index (χ3v) is 5.02. The maximum Gasteiger partial charge on any atom is 0.0783 e.